The van der Waals surface area contributed by atoms with Crippen molar-refractivity contribution in [1.29, 1.82) is 0 Å². The van der Waals surface area contributed by atoms with E-state index in [1.165, 1.54) is 11.6 Å². The van der Waals surface area contributed by atoms with Crippen LogP contribution in [0, 0.1) is 0 Å². The van der Waals surface area contributed by atoms with E-state index in [1.807, 2.05) is 42.5 Å². The third-order valence-electron chi connectivity index (χ3n) is 3.30. The molecule has 1 unspecified atom stereocenters. The molecule has 0 aromatic heterocycles. The second-order valence-electron chi connectivity index (χ2n) is 4.92. The second kappa shape index (κ2) is 9.36. The van der Waals surface area contributed by atoms with Gasteiger partial charge in [-0.2, -0.15) is 0 Å². The number of hydrogen-bond donors (Lipinski definition) is 1. The van der Waals surface area contributed by atoms with Crippen LogP contribution in [-0.2, 0) is 16.1 Å². The van der Waals surface area contributed by atoms with Gasteiger partial charge in [0.1, 0.15) is 0 Å². The number of rotatable bonds is 8. The van der Waals surface area contributed by atoms with Crippen molar-refractivity contribution in [3.05, 3.63) is 60.2 Å². The molecule has 2 aromatic rings. The van der Waals surface area contributed by atoms with Crippen LogP contribution in [0.1, 0.15) is 5.56 Å². The molecule has 1 N–H and O–H groups in total. The van der Waals surface area contributed by atoms with Crippen molar-refractivity contribution in [3.63, 3.8) is 0 Å². The van der Waals surface area contributed by atoms with Gasteiger partial charge in [0.25, 0.3) is 0 Å². The molecule has 0 heterocycles. The van der Waals surface area contributed by atoms with Crippen LogP contribution in [0.5, 0.6) is 5.75 Å². The number of hydrogen-bond acceptors (Lipinski definition) is 4. The van der Waals surface area contributed by atoms with E-state index in [9.17, 15) is 4.79 Å². The molecule has 122 valence electrons. The first-order valence-electron chi connectivity index (χ1n) is 7.36. The molecule has 0 aliphatic heterocycles. The van der Waals surface area contributed by atoms with Crippen molar-refractivity contribution >= 4 is 25.4 Å². The predicted molar refractivity (Wildman–Crippen MR) is 92.3 cm³/mol. The van der Waals surface area contributed by atoms with Gasteiger partial charge in [-0.15, -0.1) is 0 Å². The number of ether oxygens (including phenoxy) is 2. The Bertz CT molecular complexity index is 601. The molecule has 0 amide bonds. The summed E-state index contributed by atoms with van der Waals surface area (Å²) in [5, 5.41) is 3.35. The Morgan fingerprint density at radius 2 is 1.78 bits per heavy atom. The van der Waals surface area contributed by atoms with E-state index in [0.717, 1.165) is 11.3 Å². The molecule has 0 fully saturated rings. The quantitative estimate of drug-likeness (QED) is 0.562. The van der Waals surface area contributed by atoms with E-state index in [4.69, 9.17) is 9.47 Å². The van der Waals surface area contributed by atoms with Crippen LogP contribution in [-0.4, -0.2) is 41.7 Å². The van der Waals surface area contributed by atoms with Crippen LogP contribution in [0.25, 0.3) is 0 Å². The molecule has 0 radical (unpaired) electrons. The molecule has 0 aliphatic carbocycles. The van der Waals surface area contributed by atoms with Crippen LogP contribution in [0.4, 0.5) is 0 Å². The third kappa shape index (κ3) is 5.71. The van der Waals surface area contributed by atoms with Gasteiger partial charge in [-0.25, -0.2) is 0 Å². The number of carbonyl (C=O) groups excluding carboxylic acids is 1. The summed E-state index contributed by atoms with van der Waals surface area (Å²) < 4.78 is 11.3. The van der Waals surface area contributed by atoms with E-state index in [-0.39, 0.29) is 25.7 Å². The Hall–Kier alpha value is -1.81. The number of esters is 1. The van der Waals surface area contributed by atoms with E-state index in [0.29, 0.717) is 13.1 Å². The zero-order valence-electron chi connectivity index (χ0n) is 13.3. The molecule has 0 aliphatic rings. The molecule has 0 saturated carbocycles. The van der Waals surface area contributed by atoms with Crippen molar-refractivity contribution in [2.45, 2.75) is 11.4 Å². The minimum absolute atomic E-state index is 0.0429. The zero-order valence-corrected chi connectivity index (χ0v) is 15.0. The van der Waals surface area contributed by atoms with Crippen LogP contribution in [0.2, 0.25) is 4.82 Å². The molecule has 0 spiro atoms. The van der Waals surface area contributed by atoms with Gasteiger partial charge < -0.3 is 0 Å². The fraction of sp³-hybridized carbons (Fsp3) is 0.278. The van der Waals surface area contributed by atoms with E-state index in [1.54, 1.807) is 7.11 Å². The van der Waals surface area contributed by atoms with E-state index in [2.05, 4.69) is 17.4 Å². The van der Waals surface area contributed by atoms with Gasteiger partial charge >= 0.3 is 143 Å². The zero-order chi connectivity index (χ0) is 16.5. The van der Waals surface area contributed by atoms with Crippen molar-refractivity contribution in [3.8, 4) is 5.75 Å². The fourth-order valence-corrected chi connectivity index (χ4v) is 4.23. The Morgan fingerprint density at radius 1 is 1.09 bits per heavy atom. The van der Waals surface area contributed by atoms with Crippen LogP contribution in [0.15, 0.2) is 54.6 Å². The van der Waals surface area contributed by atoms with E-state index >= 15 is 0 Å². The van der Waals surface area contributed by atoms with Gasteiger partial charge in [-0.3, -0.25) is 0 Å². The summed E-state index contributed by atoms with van der Waals surface area (Å²) in [5.41, 5.74) is 1.15. The number of nitrogens with one attached hydrogen (secondary N) is 1. The second-order valence-corrected chi connectivity index (χ2v) is 7.60. The summed E-state index contributed by atoms with van der Waals surface area (Å²) >= 11 is 0.0429. The van der Waals surface area contributed by atoms with E-state index < -0.39 is 0 Å². The minimum atomic E-state index is -0.156. The van der Waals surface area contributed by atoms with Gasteiger partial charge in [0.15, 0.2) is 0 Å². The predicted octanol–water partition coefficient (Wildman–Crippen LogP) is 1.78. The fourth-order valence-electron chi connectivity index (χ4n) is 2.06. The standard InChI is InChI=1S/C18H21NO3Se/c1-21-15-10-8-14(9-11-15)12-19-13-17(18(20)22-2)23-16-6-4-3-5-7-16/h3-11,17,19H,12-13H2,1-2H3. The normalized spacial score (nSPS) is 11.7. The summed E-state index contributed by atoms with van der Waals surface area (Å²) in [6, 6.07) is 18.0. The van der Waals surface area contributed by atoms with Crippen molar-refractivity contribution < 1.29 is 14.3 Å². The number of carbonyl (C=O) groups is 1. The average Bonchev–Trinajstić information content (AvgIpc) is 2.61. The summed E-state index contributed by atoms with van der Waals surface area (Å²) in [6.45, 7) is 1.32. The summed E-state index contributed by atoms with van der Waals surface area (Å²) in [6.07, 6.45) is 0. The summed E-state index contributed by atoms with van der Waals surface area (Å²) in [5.74, 6) is 0.685. The maximum atomic E-state index is 12.0. The Kier molecular flexibility index (Phi) is 7.14. The third-order valence-corrected chi connectivity index (χ3v) is 5.80. The van der Waals surface area contributed by atoms with Crippen molar-refractivity contribution in [1.82, 2.24) is 5.32 Å². The van der Waals surface area contributed by atoms with Gasteiger partial charge in [-0.05, 0) is 0 Å². The number of methoxy groups -OCH3 is 2. The maximum absolute atomic E-state index is 12.0. The Morgan fingerprint density at radius 3 is 2.39 bits per heavy atom. The average molecular weight is 378 g/mol. The monoisotopic (exact) mass is 379 g/mol. The molecule has 4 nitrogen and oxygen atoms in total. The molecule has 0 saturated heterocycles. The summed E-state index contributed by atoms with van der Waals surface area (Å²) in [4.78, 5) is 11.8. The van der Waals surface area contributed by atoms with Crippen LogP contribution >= 0.6 is 0 Å². The Labute approximate surface area is 143 Å². The van der Waals surface area contributed by atoms with Crippen LogP contribution < -0.4 is 14.5 Å². The molecule has 0 bridgehead atoms. The molecule has 1 atom stereocenters. The van der Waals surface area contributed by atoms with Crippen molar-refractivity contribution in [2.75, 3.05) is 20.8 Å². The SMILES string of the molecule is COC(=O)C(CNCc1ccc(OC)cc1)[Se]c1ccccc1. The first-order valence-corrected chi connectivity index (χ1v) is 9.20. The van der Waals surface area contributed by atoms with Gasteiger partial charge in [0.05, 0.1) is 0 Å². The molecule has 5 heteroatoms. The van der Waals surface area contributed by atoms with Gasteiger partial charge in [-0.1, -0.05) is 0 Å². The first kappa shape index (κ1) is 17.5. The topological polar surface area (TPSA) is 47.6 Å². The van der Waals surface area contributed by atoms with Gasteiger partial charge in [0.2, 0.25) is 0 Å². The molecular weight excluding hydrogens is 357 g/mol. The summed E-state index contributed by atoms with van der Waals surface area (Å²) in [7, 11) is 3.10. The molecular formula is C18H21NO3Se. The van der Waals surface area contributed by atoms with Gasteiger partial charge in [0, 0.05) is 0 Å². The van der Waals surface area contributed by atoms with Crippen molar-refractivity contribution in [2.24, 2.45) is 0 Å². The first-order chi connectivity index (χ1) is 11.2. The van der Waals surface area contributed by atoms with Crippen LogP contribution in [0.3, 0.4) is 0 Å². The molecule has 2 rings (SSSR count). The number of benzene rings is 2. The molecule has 2 aromatic carbocycles. The molecule has 23 heavy (non-hydrogen) atoms. The Balaban J connectivity index is 1.88.